The number of amides is 2. The molecule has 168 valence electrons. The summed E-state index contributed by atoms with van der Waals surface area (Å²) in [6.45, 7) is 2.18. The molecule has 0 heterocycles. The molecule has 2 rings (SSSR count). The highest BCUT2D eigenvalue weighted by molar-refractivity contribution is 7.98. The molecule has 9 heteroatoms. The third-order valence-electron chi connectivity index (χ3n) is 4.42. The quantitative estimate of drug-likeness (QED) is 0.547. The van der Waals surface area contributed by atoms with Crippen molar-refractivity contribution < 1.29 is 18.0 Å². The summed E-state index contributed by atoms with van der Waals surface area (Å²) in [7, 11) is -0.383. The van der Waals surface area contributed by atoms with E-state index in [-0.39, 0.29) is 18.4 Å². The predicted octanol–water partition coefficient (Wildman–Crippen LogP) is 2.51. The first kappa shape index (κ1) is 24.7. The van der Waals surface area contributed by atoms with Gasteiger partial charge in [-0.3, -0.25) is 13.9 Å². The smallest absolute Gasteiger partial charge is 0.253 e. The number of carbonyl (C=O) groups excluding carboxylic acids is 2. The topological polar surface area (TPSA) is 86.8 Å². The number of sulfonamides is 1. The average Bonchev–Trinajstić information content (AvgIpc) is 2.70. The molecule has 0 aliphatic rings. The fourth-order valence-corrected chi connectivity index (χ4v) is 4.53. The summed E-state index contributed by atoms with van der Waals surface area (Å²) in [4.78, 5) is 25.8. The molecule has 0 saturated heterocycles. The van der Waals surface area contributed by atoms with Crippen LogP contribution in [0.5, 0.6) is 0 Å². The molecule has 7 nitrogen and oxygen atoms in total. The van der Waals surface area contributed by atoms with Gasteiger partial charge in [0.05, 0.1) is 11.9 Å². The standard InChI is InChI=1S/C22H29N3O4S2/c1-17-6-5-7-18(14-17)16-30-13-12-23-21(26)15-25(31(4,28)29)20-10-8-19(9-11-20)22(27)24(2)3/h5-11,14H,12-13,15-16H2,1-4H3,(H,23,26). The van der Waals surface area contributed by atoms with Crippen molar-refractivity contribution in [3.05, 3.63) is 65.2 Å². The van der Waals surface area contributed by atoms with E-state index in [1.165, 1.54) is 28.2 Å². The Labute approximate surface area is 188 Å². The van der Waals surface area contributed by atoms with Gasteiger partial charge in [-0.15, -0.1) is 0 Å². The van der Waals surface area contributed by atoms with Gasteiger partial charge in [0.2, 0.25) is 15.9 Å². The molecule has 31 heavy (non-hydrogen) atoms. The third-order valence-corrected chi connectivity index (χ3v) is 6.59. The first-order valence-corrected chi connectivity index (χ1v) is 12.8. The van der Waals surface area contributed by atoms with E-state index < -0.39 is 10.0 Å². The number of hydrogen-bond acceptors (Lipinski definition) is 5. The molecular weight excluding hydrogens is 434 g/mol. The van der Waals surface area contributed by atoms with Gasteiger partial charge in [-0.1, -0.05) is 29.8 Å². The molecule has 0 spiro atoms. The Morgan fingerprint density at radius 2 is 1.74 bits per heavy atom. The van der Waals surface area contributed by atoms with Crippen molar-refractivity contribution in [3.63, 3.8) is 0 Å². The maximum atomic E-state index is 12.3. The molecule has 2 amide bonds. The van der Waals surface area contributed by atoms with Crippen molar-refractivity contribution in [3.8, 4) is 0 Å². The molecule has 2 aromatic rings. The average molecular weight is 464 g/mol. The Kier molecular flexibility index (Phi) is 8.94. The monoisotopic (exact) mass is 463 g/mol. The summed E-state index contributed by atoms with van der Waals surface area (Å²) >= 11 is 1.70. The number of carbonyl (C=O) groups is 2. The Balaban J connectivity index is 1.89. The number of thioether (sulfide) groups is 1. The number of nitrogens with zero attached hydrogens (tertiary/aromatic N) is 2. The van der Waals surface area contributed by atoms with E-state index >= 15 is 0 Å². The zero-order valence-electron chi connectivity index (χ0n) is 18.3. The van der Waals surface area contributed by atoms with Crippen molar-refractivity contribution in [1.82, 2.24) is 10.2 Å². The Morgan fingerprint density at radius 3 is 2.32 bits per heavy atom. The molecule has 0 bridgehead atoms. The number of anilines is 1. The summed E-state index contributed by atoms with van der Waals surface area (Å²) < 4.78 is 25.5. The molecule has 0 unspecified atom stereocenters. The van der Waals surface area contributed by atoms with Crippen molar-refractivity contribution >= 4 is 39.3 Å². The summed E-state index contributed by atoms with van der Waals surface area (Å²) in [6, 6.07) is 14.4. The molecule has 0 atom stereocenters. The zero-order valence-corrected chi connectivity index (χ0v) is 19.9. The Hall–Kier alpha value is -2.52. The lowest BCUT2D eigenvalue weighted by Gasteiger charge is -2.22. The highest BCUT2D eigenvalue weighted by atomic mass is 32.2. The van der Waals surface area contributed by atoms with Crippen LogP contribution in [-0.4, -0.2) is 64.3 Å². The number of benzene rings is 2. The van der Waals surface area contributed by atoms with Gasteiger partial charge in [-0.2, -0.15) is 11.8 Å². The number of rotatable bonds is 10. The highest BCUT2D eigenvalue weighted by Gasteiger charge is 2.21. The summed E-state index contributed by atoms with van der Waals surface area (Å²) in [6.07, 6.45) is 1.05. The van der Waals surface area contributed by atoms with Crippen molar-refractivity contribution in [2.24, 2.45) is 0 Å². The first-order valence-electron chi connectivity index (χ1n) is 9.77. The molecule has 0 radical (unpaired) electrons. The van der Waals surface area contributed by atoms with Crippen LogP contribution < -0.4 is 9.62 Å². The van der Waals surface area contributed by atoms with Gasteiger partial charge in [-0.25, -0.2) is 8.42 Å². The number of nitrogens with one attached hydrogen (secondary N) is 1. The van der Waals surface area contributed by atoms with Crippen LogP contribution in [0.1, 0.15) is 21.5 Å². The fourth-order valence-electron chi connectivity index (χ4n) is 2.87. The van der Waals surface area contributed by atoms with Gasteiger partial charge >= 0.3 is 0 Å². The lowest BCUT2D eigenvalue weighted by atomic mass is 10.2. The van der Waals surface area contributed by atoms with Crippen LogP contribution in [-0.2, 0) is 20.6 Å². The van der Waals surface area contributed by atoms with E-state index in [9.17, 15) is 18.0 Å². The second-order valence-corrected chi connectivity index (χ2v) is 10.4. The second kappa shape index (κ2) is 11.2. The predicted molar refractivity (Wildman–Crippen MR) is 127 cm³/mol. The first-order chi connectivity index (χ1) is 14.6. The fraction of sp³-hybridized carbons (Fsp3) is 0.364. The van der Waals surface area contributed by atoms with E-state index in [0.29, 0.717) is 17.8 Å². The summed E-state index contributed by atoms with van der Waals surface area (Å²) in [5, 5.41) is 2.77. The van der Waals surface area contributed by atoms with Crippen LogP contribution in [0.15, 0.2) is 48.5 Å². The maximum Gasteiger partial charge on any atom is 0.253 e. The minimum absolute atomic E-state index is 0.182. The van der Waals surface area contributed by atoms with Gasteiger partial charge in [0, 0.05) is 37.7 Å². The molecule has 0 aromatic heterocycles. The van der Waals surface area contributed by atoms with Crippen LogP contribution in [0.2, 0.25) is 0 Å². The molecule has 0 fully saturated rings. The van der Waals surface area contributed by atoms with Gasteiger partial charge in [0.1, 0.15) is 6.54 Å². The lowest BCUT2D eigenvalue weighted by Crippen LogP contribution is -2.41. The minimum atomic E-state index is -3.67. The maximum absolute atomic E-state index is 12.3. The molecule has 0 aliphatic heterocycles. The van der Waals surface area contributed by atoms with Gasteiger partial charge in [0.25, 0.3) is 5.91 Å². The molecule has 1 N–H and O–H groups in total. The van der Waals surface area contributed by atoms with Crippen LogP contribution >= 0.6 is 11.8 Å². The Bertz CT molecular complexity index is 1010. The highest BCUT2D eigenvalue weighted by Crippen LogP contribution is 2.19. The van der Waals surface area contributed by atoms with Crippen LogP contribution in [0.25, 0.3) is 0 Å². The molecule has 0 aliphatic carbocycles. The summed E-state index contributed by atoms with van der Waals surface area (Å²) in [5.41, 5.74) is 3.22. The van der Waals surface area contributed by atoms with Gasteiger partial charge < -0.3 is 10.2 Å². The van der Waals surface area contributed by atoms with Crippen molar-refractivity contribution in [2.75, 3.05) is 43.5 Å². The Morgan fingerprint density at radius 1 is 1.06 bits per heavy atom. The van der Waals surface area contributed by atoms with E-state index in [4.69, 9.17) is 0 Å². The molecular formula is C22H29N3O4S2. The minimum Gasteiger partial charge on any atom is -0.354 e. The van der Waals surface area contributed by atoms with Crippen molar-refractivity contribution in [2.45, 2.75) is 12.7 Å². The van der Waals surface area contributed by atoms with Crippen molar-refractivity contribution in [1.29, 1.82) is 0 Å². The lowest BCUT2D eigenvalue weighted by molar-refractivity contribution is -0.119. The van der Waals surface area contributed by atoms with Crippen LogP contribution in [0.3, 0.4) is 0 Å². The SMILES string of the molecule is Cc1cccc(CSCCNC(=O)CN(c2ccc(C(=O)N(C)C)cc2)S(C)(=O)=O)c1. The van der Waals surface area contributed by atoms with E-state index in [0.717, 1.165) is 22.1 Å². The normalized spacial score (nSPS) is 11.1. The van der Waals surface area contributed by atoms with E-state index in [1.54, 1.807) is 38.0 Å². The van der Waals surface area contributed by atoms with Crippen LogP contribution in [0.4, 0.5) is 5.69 Å². The van der Waals surface area contributed by atoms with Gasteiger partial charge in [-0.05, 0) is 36.8 Å². The summed E-state index contributed by atoms with van der Waals surface area (Å²) in [5.74, 6) is 1.01. The molecule has 2 aromatic carbocycles. The second-order valence-electron chi connectivity index (χ2n) is 7.41. The third kappa shape index (κ3) is 7.91. The van der Waals surface area contributed by atoms with Gasteiger partial charge in [0.15, 0.2) is 0 Å². The largest absolute Gasteiger partial charge is 0.354 e. The number of hydrogen-bond donors (Lipinski definition) is 1. The number of aryl methyl sites for hydroxylation is 1. The van der Waals surface area contributed by atoms with Crippen LogP contribution in [0, 0.1) is 6.92 Å². The molecule has 0 saturated carbocycles. The van der Waals surface area contributed by atoms with E-state index in [1.807, 2.05) is 6.07 Å². The zero-order chi connectivity index (χ0) is 23.0. The van der Waals surface area contributed by atoms with E-state index in [2.05, 4.69) is 30.4 Å².